The molecule has 0 atom stereocenters. The molecular weight excluding hydrogens is 459 g/mol. The van der Waals surface area contributed by atoms with Gasteiger partial charge in [0.05, 0.1) is 12.2 Å². The Balaban J connectivity index is 2.04. The van der Waals surface area contributed by atoms with Crippen LogP contribution in [0.15, 0.2) is 12.1 Å². The summed E-state index contributed by atoms with van der Waals surface area (Å²) in [7, 11) is 0. The molecule has 0 aliphatic rings. The van der Waals surface area contributed by atoms with Gasteiger partial charge in [-0.2, -0.15) is 27.1 Å². The summed E-state index contributed by atoms with van der Waals surface area (Å²) < 4.78 is 72.1. The van der Waals surface area contributed by atoms with Gasteiger partial charge in [0, 0.05) is 16.6 Å². The van der Waals surface area contributed by atoms with E-state index in [4.69, 9.17) is 4.74 Å². The Bertz CT molecular complexity index is 1220. The van der Waals surface area contributed by atoms with Gasteiger partial charge in [-0.1, -0.05) is 0 Å². The number of alkyl halides is 5. The lowest BCUT2D eigenvalue weighted by Crippen LogP contribution is -2.36. The molecule has 0 aromatic carbocycles. The number of aromatic nitrogens is 3. The van der Waals surface area contributed by atoms with E-state index >= 15 is 0 Å². The standard InChI is InChI=1S/C19H17F5N4O3S/c1-5-31-17(30)14-9(3)10(4)32-16(14)26-15(29)11-7-13-25-8(2)6-12(28(13)27-11)18(20,21)19(22,23)24/h6-7H,5H2,1-4H3,(H,26,29). The van der Waals surface area contributed by atoms with Crippen molar-refractivity contribution in [2.45, 2.75) is 39.8 Å². The second-order valence-electron chi connectivity index (χ2n) is 6.82. The van der Waals surface area contributed by atoms with Gasteiger partial charge in [-0.25, -0.2) is 14.3 Å². The lowest BCUT2D eigenvalue weighted by atomic mass is 10.1. The van der Waals surface area contributed by atoms with Gasteiger partial charge in [0.15, 0.2) is 11.3 Å². The van der Waals surface area contributed by atoms with Crippen LogP contribution in [0.25, 0.3) is 5.65 Å². The van der Waals surface area contributed by atoms with Crippen LogP contribution in [-0.2, 0) is 10.7 Å². The molecule has 3 rings (SSSR count). The molecule has 0 bridgehead atoms. The van der Waals surface area contributed by atoms with E-state index in [1.807, 2.05) is 0 Å². The number of thiophene rings is 1. The topological polar surface area (TPSA) is 85.6 Å². The maximum Gasteiger partial charge on any atom is 0.459 e. The van der Waals surface area contributed by atoms with Crippen molar-refractivity contribution in [2.24, 2.45) is 0 Å². The van der Waals surface area contributed by atoms with Gasteiger partial charge in [-0.05, 0) is 39.3 Å². The first-order chi connectivity index (χ1) is 14.8. The summed E-state index contributed by atoms with van der Waals surface area (Å²) in [5.41, 5.74) is -1.69. The number of fused-ring (bicyclic) bond motifs is 1. The minimum atomic E-state index is -5.87. The van der Waals surface area contributed by atoms with E-state index in [9.17, 15) is 31.5 Å². The van der Waals surface area contributed by atoms with Crippen LogP contribution in [0.2, 0.25) is 0 Å². The second-order valence-corrected chi connectivity index (χ2v) is 8.04. The van der Waals surface area contributed by atoms with E-state index in [-0.39, 0.29) is 33.0 Å². The summed E-state index contributed by atoms with van der Waals surface area (Å²) in [4.78, 5) is 29.6. The van der Waals surface area contributed by atoms with Crippen LogP contribution in [0.1, 0.15) is 49.6 Å². The van der Waals surface area contributed by atoms with Gasteiger partial charge in [0.25, 0.3) is 5.91 Å². The Hall–Kier alpha value is -3.09. The summed E-state index contributed by atoms with van der Waals surface area (Å²) >= 11 is 1.09. The van der Waals surface area contributed by atoms with Crippen molar-refractivity contribution in [3.8, 4) is 0 Å². The number of amides is 1. The number of esters is 1. The number of aryl methyl sites for hydroxylation is 2. The highest BCUT2D eigenvalue weighted by Crippen LogP contribution is 2.44. The molecular formula is C19H17F5N4O3S. The molecule has 0 fully saturated rings. The number of nitrogens with zero attached hydrogens (tertiary/aromatic N) is 3. The molecule has 0 aliphatic heterocycles. The average molecular weight is 476 g/mol. The van der Waals surface area contributed by atoms with Crippen molar-refractivity contribution in [3.63, 3.8) is 0 Å². The van der Waals surface area contributed by atoms with E-state index in [0.29, 0.717) is 11.6 Å². The largest absolute Gasteiger partial charge is 0.462 e. The lowest BCUT2D eigenvalue weighted by Gasteiger charge is -2.20. The quantitative estimate of drug-likeness (QED) is 0.423. The highest BCUT2D eigenvalue weighted by Gasteiger charge is 2.60. The third-order valence-electron chi connectivity index (χ3n) is 4.56. The monoisotopic (exact) mass is 476 g/mol. The number of halogens is 5. The smallest absolute Gasteiger partial charge is 0.459 e. The highest BCUT2D eigenvalue weighted by atomic mass is 32.1. The van der Waals surface area contributed by atoms with E-state index in [0.717, 1.165) is 22.3 Å². The number of ether oxygens (including phenoxy) is 1. The first-order valence-corrected chi connectivity index (χ1v) is 10.0. The van der Waals surface area contributed by atoms with Gasteiger partial charge < -0.3 is 10.1 Å². The number of carbonyl (C=O) groups is 2. The highest BCUT2D eigenvalue weighted by molar-refractivity contribution is 7.16. The molecule has 0 unspecified atom stereocenters. The summed E-state index contributed by atoms with van der Waals surface area (Å²) in [5, 5.41) is 6.22. The van der Waals surface area contributed by atoms with Crippen molar-refractivity contribution < 1.29 is 36.3 Å². The molecule has 172 valence electrons. The molecule has 3 heterocycles. The van der Waals surface area contributed by atoms with E-state index < -0.39 is 35.4 Å². The fourth-order valence-corrected chi connectivity index (χ4v) is 3.95. The van der Waals surface area contributed by atoms with Crippen LogP contribution >= 0.6 is 11.3 Å². The minimum Gasteiger partial charge on any atom is -0.462 e. The maximum absolute atomic E-state index is 14.0. The Morgan fingerprint density at radius 3 is 2.41 bits per heavy atom. The number of rotatable bonds is 5. The Kier molecular flexibility index (Phi) is 5.98. The normalized spacial score (nSPS) is 12.3. The SMILES string of the molecule is CCOC(=O)c1c(NC(=O)c2cc3nc(C)cc(C(F)(F)C(F)(F)F)n3n2)sc(C)c1C. The molecule has 1 amide bonds. The number of nitrogens with one attached hydrogen (secondary N) is 1. The first kappa shape index (κ1) is 23.6. The van der Waals surface area contributed by atoms with Crippen LogP contribution in [0.3, 0.4) is 0 Å². The summed E-state index contributed by atoms with van der Waals surface area (Å²) in [6.45, 7) is 6.35. The van der Waals surface area contributed by atoms with Gasteiger partial charge in [-0.3, -0.25) is 4.79 Å². The molecule has 3 aromatic heterocycles. The second kappa shape index (κ2) is 8.11. The van der Waals surface area contributed by atoms with Crippen LogP contribution < -0.4 is 5.32 Å². The van der Waals surface area contributed by atoms with Crippen molar-refractivity contribution in [2.75, 3.05) is 11.9 Å². The van der Waals surface area contributed by atoms with Gasteiger partial charge >= 0.3 is 18.1 Å². The van der Waals surface area contributed by atoms with Crippen molar-refractivity contribution in [1.29, 1.82) is 0 Å². The maximum atomic E-state index is 14.0. The molecule has 0 saturated heterocycles. The van der Waals surface area contributed by atoms with Crippen LogP contribution in [-0.4, -0.2) is 39.3 Å². The predicted molar refractivity (Wildman–Crippen MR) is 105 cm³/mol. The third-order valence-corrected chi connectivity index (χ3v) is 5.68. The van der Waals surface area contributed by atoms with E-state index in [1.165, 1.54) is 6.92 Å². The number of carbonyl (C=O) groups excluding carboxylic acids is 2. The fraction of sp³-hybridized carbons (Fsp3) is 0.368. The zero-order valence-electron chi connectivity index (χ0n) is 17.2. The zero-order valence-corrected chi connectivity index (χ0v) is 18.0. The van der Waals surface area contributed by atoms with Crippen LogP contribution in [0.5, 0.6) is 0 Å². The van der Waals surface area contributed by atoms with Crippen molar-refractivity contribution >= 4 is 33.9 Å². The third kappa shape index (κ3) is 4.04. The number of hydrogen-bond donors (Lipinski definition) is 1. The average Bonchev–Trinajstić information content (AvgIpc) is 3.21. The van der Waals surface area contributed by atoms with Gasteiger partial charge in [0.2, 0.25) is 0 Å². The Labute approximate surface area is 182 Å². The van der Waals surface area contributed by atoms with E-state index in [2.05, 4.69) is 15.4 Å². The molecule has 0 spiro atoms. The van der Waals surface area contributed by atoms with Crippen LogP contribution in [0, 0.1) is 20.8 Å². The number of anilines is 1. The van der Waals surface area contributed by atoms with Crippen LogP contribution in [0.4, 0.5) is 27.0 Å². The molecule has 1 N–H and O–H groups in total. The molecule has 3 aromatic rings. The summed E-state index contributed by atoms with van der Waals surface area (Å²) in [6, 6.07) is 1.54. The number of hydrogen-bond acceptors (Lipinski definition) is 6. The molecule has 7 nitrogen and oxygen atoms in total. The summed E-state index contributed by atoms with van der Waals surface area (Å²) in [5.74, 6) is -6.80. The van der Waals surface area contributed by atoms with Crippen molar-refractivity contribution in [3.05, 3.63) is 45.2 Å². The predicted octanol–water partition coefficient (Wildman–Crippen LogP) is 4.80. The molecule has 0 aliphatic carbocycles. The van der Waals surface area contributed by atoms with Gasteiger partial charge in [-0.15, -0.1) is 11.3 Å². The zero-order chi connectivity index (χ0) is 24.0. The Morgan fingerprint density at radius 1 is 1.16 bits per heavy atom. The Morgan fingerprint density at radius 2 is 1.81 bits per heavy atom. The lowest BCUT2D eigenvalue weighted by molar-refractivity contribution is -0.291. The van der Waals surface area contributed by atoms with Crippen molar-refractivity contribution in [1.82, 2.24) is 14.6 Å². The summed E-state index contributed by atoms with van der Waals surface area (Å²) in [6.07, 6.45) is -5.87. The minimum absolute atomic E-state index is 0.105. The molecule has 32 heavy (non-hydrogen) atoms. The van der Waals surface area contributed by atoms with E-state index in [1.54, 1.807) is 20.8 Å². The molecule has 0 radical (unpaired) electrons. The molecule has 0 saturated carbocycles. The fourth-order valence-electron chi connectivity index (χ4n) is 2.91. The molecule has 13 heteroatoms. The first-order valence-electron chi connectivity index (χ1n) is 9.18. The van der Waals surface area contributed by atoms with Gasteiger partial charge in [0.1, 0.15) is 10.7 Å².